The topological polar surface area (TPSA) is 8.81 Å². The Labute approximate surface area is 115 Å². The van der Waals surface area contributed by atoms with Gasteiger partial charge in [-0.1, -0.05) is 0 Å². The molecule has 0 fully saturated rings. The van der Waals surface area contributed by atoms with Crippen LogP contribution in [-0.4, -0.2) is 4.57 Å². The number of rotatable bonds is 1. The molecule has 0 atom stereocenters. The summed E-state index contributed by atoms with van der Waals surface area (Å²) in [6, 6.07) is 0. The van der Waals surface area contributed by atoms with E-state index in [4.69, 9.17) is 0 Å². The van der Waals surface area contributed by atoms with E-state index in [0.29, 0.717) is 0 Å². The number of nitrogens with zero attached hydrogens (tertiary/aromatic N) is 2. The smallest absolute Gasteiger partial charge is 0.243 e. The summed E-state index contributed by atoms with van der Waals surface area (Å²) >= 11 is 0. The van der Waals surface area contributed by atoms with Crippen LogP contribution < -0.4 is 54.2 Å². The molecule has 0 saturated heterocycles. The average molecular weight is 309 g/mol. The van der Waals surface area contributed by atoms with E-state index in [0.717, 1.165) is 6.54 Å². The van der Waals surface area contributed by atoms with Crippen LogP contribution in [-0.2, 0) is 30.7 Å². The van der Waals surface area contributed by atoms with E-state index >= 15 is 0 Å². The summed E-state index contributed by atoms with van der Waals surface area (Å²) in [6.45, 7) is 3.18. The van der Waals surface area contributed by atoms with Gasteiger partial charge in [-0.25, -0.2) is 9.13 Å². The van der Waals surface area contributed by atoms with Crippen molar-refractivity contribution in [3.05, 3.63) is 18.7 Å². The summed E-state index contributed by atoms with van der Waals surface area (Å²) in [4.78, 5) is 0. The molecule has 0 bridgehead atoms. The van der Waals surface area contributed by atoms with Gasteiger partial charge in [0.25, 0.3) is 0 Å². The van der Waals surface area contributed by atoms with Crippen molar-refractivity contribution >= 4 is 0 Å². The van der Waals surface area contributed by atoms with Crippen LogP contribution in [0.15, 0.2) is 18.7 Å². The first-order valence-electron chi connectivity index (χ1n) is 2.84. The molecule has 0 N–H and O–H groups in total. The molecular formula is C6H11Cl4FeN2-3. The van der Waals surface area contributed by atoms with Gasteiger partial charge >= 0.3 is 0 Å². The van der Waals surface area contributed by atoms with Crippen molar-refractivity contribution in [2.45, 2.75) is 13.5 Å². The summed E-state index contributed by atoms with van der Waals surface area (Å²) in [7, 11) is 2.02. The molecule has 13 heavy (non-hydrogen) atoms. The van der Waals surface area contributed by atoms with E-state index in [9.17, 15) is 0 Å². The van der Waals surface area contributed by atoms with Gasteiger partial charge in [-0.05, 0) is 6.92 Å². The van der Waals surface area contributed by atoms with Crippen molar-refractivity contribution in [3.8, 4) is 0 Å². The minimum atomic E-state index is 0. The summed E-state index contributed by atoms with van der Waals surface area (Å²) in [5, 5.41) is 0. The first-order valence-corrected chi connectivity index (χ1v) is 2.84. The Hall–Kier alpha value is 0.889. The maximum Gasteiger partial charge on any atom is 0.243 e. The van der Waals surface area contributed by atoms with Crippen LogP contribution >= 0.6 is 0 Å². The van der Waals surface area contributed by atoms with Crippen molar-refractivity contribution in [1.82, 2.24) is 4.57 Å². The van der Waals surface area contributed by atoms with Crippen LogP contribution in [0, 0.1) is 0 Å². The second-order valence-corrected chi connectivity index (χ2v) is 1.91. The molecule has 0 unspecified atom stereocenters. The molecule has 0 amide bonds. The van der Waals surface area contributed by atoms with Crippen LogP contribution in [0.1, 0.15) is 6.92 Å². The van der Waals surface area contributed by atoms with Gasteiger partial charge in [0.1, 0.15) is 12.4 Å². The van der Waals surface area contributed by atoms with Crippen molar-refractivity contribution in [3.63, 3.8) is 0 Å². The number of hydrogen-bond donors (Lipinski definition) is 0. The Morgan fingerprint density at radius 1 is 1.15 bits per heavy atom. The summed E-state index contributed by atoms with van der Waals surface area (Å²) < 4.78 is 4.16. The molecule has 7 heteroatoms. The first kappa shape index (κ1) is 29.2. The molecule has 1 heterocycles. The molecule has 84 valence electrons. The van der Waals surface area contributed by atoms with Crippen molar-refractivity contribution in [1.29, 1.82) is 0 Å². The van der Waals surface area contributed by atoms with E-state index in [1.165, 1.54) is 0 Å². The molecule has 1 aromatic heterocycles. The standard InChI is InChI=1S/C6H11N2.4ClH.Fe/c1-3-8-5-4-7(2)6-8;;;;;/h4-6H,3H2,1-2H3;4*1H;/q+1;;;;;/p-4. The Kier molecular flexibility index (Phi) is 34.5. The zero-order chi connectivity index (χ0) is 5.98. The molecule has 1 rings (SSSR count). The average Bonchev–Trinajstić information content (AvgIpc) is 2.14. The number of aromatic nitrogens is 2. The van der Waals surface area contributed by atoms with Gasteiger partial charge in [-0.2, -0.15) is 0 Å². The van der Waals surface area contributed by atoms with E-state index < -0.39 is 0 Å². The molecule has 0 aliphatic rings. The van der Waals surface area contributed by atoms with Crippen LogP contribution in [0.4, 0.5) is 0 Å². The van der Waals surface area contributed by atoms with Crippen LogP contribution in [0.3, 0.4) is 0 Å². The van der Waals surface area contributed by atoms with E-state index in [2.05, 4.69) is 24.0 Å². The molecule has 0 aliphatic heterocycles. The third-order valence-electron chi connectivity index (χ3n) is 1.19. The number of aryl methyl sites for hydroxylation is 2. The fourth-order valence-corrected chi connectivity index (χ4v) is 0.689. The van der Waals surface area contributed by atoms with Gasteiger partial charge < -0.3 is 49.6 Å². The van der Waals surface area contributed by atoms with E-state index in [1.807, 2.05) is 17.8 Å². The fourth-order valence-electron chi connectivity index (χ4n) is 0.689. The second kappa shape index (κ2) is 15.4. The van der Waals surface area contributed by atoms with Crippen molar-refractivity contribution < 1.29 is 71.3 Å². The molecule has 0 aromatic carbocycles. The van der Waals surface area contributed by atoms with Gasteiger partial charge in [0.2, 0.25) is 6.33 Å². The molecule has 1 aromatic rings. The number of hydrogen-bond acceptors (Lipinski definition) is 0. The maximum absolute atomic E-state index is 2.12. The van der Waals surface area contributed by atoms with E-state index in [-0.39, 0.29) is 66.7 Å². The van der Waals surface area contributed by atoms with E-state index in [1.54, 1.807) is 0 Å². The third-order valence-corrected chi connectivity index (χ3v) is 1.19. The Bertz CT molecular complexity index is 183. The summed E-state index contributed by atoms with van der Waals surface area (Å²) in [5.41, 5.74) is 0. The monoisotopic (exact) mass is 307 g/mol. The van der Waals surface area contributed by atoms with Gasteiger partial charge in [0.15, 0.2) is 0 Å². The predicted molar refractivity (Wildman–Crippen MR) is 31.3 cm³/mol. The van der Waals surface area contributed by atoms with Gasteiger partial charge in [0, 0.05) is 17.1 Å². The largest absolute Gasteiger partial charge is 1.00 e. The molecule has 2 nitrogen and oxygen atoms in total. The molecule has 0 spiro atoms. The Morgan fingerprint density at radius 3 is 1.77 bits per heavy atom. The molecule has 0 aliphatic carbocycles. The van der Waals surface area contributed by atoms with Gasteiger partial charge in [-0.3, -0.25) is 0 Å². The summed E-state index contributed by atoms with van der Waals surface area (Å²) in [6.07, 6.45) is 6.14. The van der Waals surface area contributed by atoms with Gasteiger partial charge in [0.05, 0.1) is 13.6 Å². The second-order valence-electron chi connectivity index (χ2n) is 1.91. The Balaban J connectivity index is -0.0000000427. The van der Waals surface area contributed by atoms with Crippen molar-refractivity contribution in [2.75, 3.05) is 0 Å². The quantitative estimate of drug-likeness (QED) is 0.360. The fraction of sp³-hybridized carbons (Fsp3) is 0.500. The zero-order valence-electron chi connectivity index (χ0n) is 7.20. The van der Waals surface area contributed by atoms with Crippen LogP contribution in [0.2, 0.25) is 0 Å². The minimum absolute atomic E-state index is 0. The predicted octanol–water partition coefficient (Wildman–Crippen LogP) is -11.7. The summed E-state index contributed by atoms with van der Waals surface area (Å²) in [5.74, 6) is 0. The maximum atomic E-state index is 2.12. The minimum Gasteiger partial charge on any atom is -1.00 e. The Morgan fingerprint density at radius 2 is 1.62 bits per heavy atom. The normalized spacial score (nSPS) is 6.00. The third kappa shape index (κ3) is 10.8. The molecular weight excluding hydrogens is 298 g/mol. The number of halogens is 4. The SMILES string of the molecule is CCn1cc[n+](C)c1.[Cl-].[Cl-].[Cl-].[Cl-].[Fe]. The van der Waals surface area contributed by atoms with Crippen LogP contribution in [0.5, 0.6) is 0 Å². The molecule has 0 radical (unpaired) electrons. The molecule has 0 saturated carbocycles. The number of imidazole rings is 1. The van der Waals surface area contributed by atoms with Crippen LogP contribution in [0.25, 0.3) is 0 Å². The van der Waals surface area contributed by atoms with Crippen molar-refractivity contribution in [2.24, 2.45) is 7.05 Å². The zero-order valence-corrected chi connectivity index (χ0v) is 11.3. The van der Waals surface area contributed by atoms with Gasteiger partial charge in [-0.15, -0.1) is 0 Å². The first-order chi connectivity index (χ1) is 3.83.